The summed E-state index contributed by atoms with van der Waals surface area (Å²) < 4.78 is 1.52. The SMILES string of the molecule is CC1CCN(C2c3ccccc3CSc3sccc32)CC1. The van der Waals surface area contributed by atoms with Crippen LogP contribution in [0, 0.1) is 5.92 Å². The highest BCUT2D eigenvalue weighted by Crippen LogP contribution is 2.45. The first kappa shape index (κ1) is 13.9. The van der Waals surface area contributed by atoms with Gasteiger partial charge in [-0.05, 0) is 60.0 Å². The Hall–Kier alpha value is -0.770. The van der Waals surface area contributed by atoms with Gasteiger partial charge in [0.25, 0.3) is 0 Å². The van der Waals surface area contributed by atoms with Crippen molar-refractivity contribution in [1.82, 2.24) is 4.90 Å². The number of benzene rings is 1. The third kappa shape index (κ3) is 2.56. The third-order valence-electron chi connectivity index (χ3n) is 4.84. The van der Waals surface area contributed by atoms with E-state index < -0.39 is 0 Å². The first-order chi connectivity index (χ1) is 10.3. The summed E-state index contributed by atoms with van der Waals surface area (Å²) in [6.07, 6.45) is 2.68. The molecule has 0 spiro atoms. The van der Waals surface area contributed by atoms with Crippen molar-refractivity contribution >= 4 is 23.1 Å². The molecule has 1 unspecified atom stereocenters. The summed E-state index contributed by atoms with van der Waals surface area (Å²) in [4.78, 5) is 2.72. The van der Waals surface area contributed by atoms with Crippen LogP contribution >= 0.6 is 23.1 Å². The van der Waals surface area contributed by atoms with Crippen molar-refractivity contribution in [2.24, 2.45) is 5.92 Å². The summed E-state index contributed by atoms with van der Waals surface area (Å²) in [5.41, 5.74) is 4.61. The van der Waals surface area contributed by atoms with Crippen molar-refractivity contribution in [3.8, 4) is 0 Å². The average molecular weight is 316 g/mol. The maximum atomic E-state index is 2.72. The smallest absolute Gasteiger partial charge is 0.0653 e. The zero-order valence-corrected chi connectivity index (χ0v) is 14.1. The molecule has 1 saturated heterocycles. The maximum Gasteiger partial charge on any atom is 0.0653 e. The number of rotatable bonds is 1. The van der Waals surface area contributed by atoms with Crippen LogP contribution < -0.4 is 0 Å². The van der Waals surface area contributed by atoms with Gasteiger partial charge in [0.2, 0.25) is 0 Å². The van der Waals surface area contributed by atoms with Gasteiger partial charge >= 0.3 is 0 Å². The molecule has 0 radical (unpaired) electrons. The van der Waals surface area contributed by atoms with Gasteiger partial charge in [0.05, 0.1) is 10.3 Å². The monoisotopic (exact) mass is 315 g/mol. The highest BCUT2D eigenvalue weighted by atomic mass is 32.2. The van der Waals surface area contributed by atoms with Gasteiger partial charge in [-0.25, -0.2) is 0 Å². The number of hydrogen-bond donors (Lipinski definition) is 0. The van der Waals surface area contributed by atoms with Crippen LogP contribution in [0.15, 0.2) is 39.9 Å². The predicted molar refractivity (Wildman–Crippen MR) is 92.1 cm³/mol. The highest BCUT2D eigenvalue weighted by molar-refractivity contribution is 8.00. The van der Waals surface area contributed by atoms with E-state index in [0.717, 1.165) is 11.7 Å². The Bertz CT molecular complexity index is 626. The normalized spacial score (nSPS) is 23.4. The van der Waals surface area contributed by atoms with E-state index in [1.54, 1.807) is 5.56 Å². The lowest BCUT2D eigenvalue weighted by Gasteiger charge is -2.37. The Morgan fingerprint density at radius 3 is 2.71 bits per heavy atom. The number of fused-ring (bicyclic) bond motifs is 2. The van der Waals surface area contributed by atoms with Gasteiger partial charge in [-0.15, -0.1) is 23.1 Å². The fourth-order valence-corrected chi connectivity index (χ4v) is 5.71. The van der Waals surface area contributed by atoms with Crippen LogP contribution in [0.2, 0.25) is 0 Å². The molecular weight excluding hydrogens is 294 g/mol. The van der Waals surface area contributed by atoms with Crippen molar-refractivity contribution in [3.63, 3.8) is 0 Å². The Morgan fingerprint density at radius 2 is 1.86 bits per heavy atom. The molecule has 110 valence electrons. The molecule has 0 amide bonds. The van der Waals surface area contributed by atoms with Crippen LogP contribution in [-0.4, -0.2) is 18.0 Å². The van der Waals surface area contributed by atoms with Crippen LogP contribution in [-0.2, 0) is 5.75 Å². The third-order valence-corrected chi connectivity index (χ3v) is 7.16. The molecule has 1 fully saturated rings. The average Bonchev–Trinajstić information content (AvgIpc) is 2.91. The molecule has 1 aromatic heterocycles. The van der Waals surface area contributed by atoms with Gasteiger partial charge in [0.15, 0.2) is 0 Å². The van der Waals surface area contributed by atoms with Crippen LogP contribution in [0.5, 0.6) is 0 Å². The molecule has 0 aliphatic carbocycles. The zero-order chi connectivity index (χ0) is 14.2. The van der Waals surface area contributed by atoms with Crippen molar-refractivity contribution in [3.05, 3.63) is 52.4 Å². The molecule has 21 heavy (non-hydrogen) atoms. The second kappa shape index (κ2) is 5.79. The molecule has 3 heterocycles. The first-order valence-electron chi connectivity index (χ1n) is 7.85. The van der Waals surface area contributed by atoms with E-state index in [4.69, 9.17) is 0 Å². The number of piperidine rings is 1. The van der Waals surface area contributed by atoms with E-state index in [0.29, 0.717) is 6.04 Å². The second-order valence-corrected chi connectivity index (χ2v) is 8.43. The van der Waals surface area contributed by atoms with E-state index in [9.17, 15) is 0 Å². The van der Waals surface area contributed by atoms with Crippen LogP contribution in [0.3, 0.4) is 0 Å². The molecule has 4 rings (SSSR count). The molecule has 0 N–H and O–H groups in total. The van der Waals surface area contributed by atoms with Crippen molar-refractivity contribution in [2.75, 3.05) is 13.1 Å². The van der Waals surface area contributed by atoms with Gasteiger partial charge in [0.1, 0.15) is 0 Å². The standard InChI is InChI=1S/C18H21NS2/c1-13-6-9-19(10-7-13)17-15-5-3-2-4-14(15)12-21-18-16(17)8-11-20-18/h2-5,8,11,13,17H,6-7,9-10,12H2,1H3. The fourth-order valence-electron chi connectivity index (χ4n) is 3.55. The quantitative estimate of drug-likeness (QED) is 0.714. The maximum absolute atomic E-state index is 2.72. The topological polar surface area (TPSA) is 3.24 Å². The molecule has 0 saturated carbocycles. The van der Waals surface area contributed by atoms with Gasteiger partial charge in [-0.3, -0.25) is 4.90 Å². The van der Waals surface area contributed by atoms with E-state index in [-0.39, 0.29) is 0 Å². The van der Waals surface area contributed by atoms with E-state index in [1.807, 2.05) is 23.1 Å². The summed E-state index contributed by atoms with van der Waals surface area (Å²) >= 11 is 3.93. The lowest BCUT2D eigenvalue weighted by molar-refractivity contribution is 0.156. The molecule has 2 aliphatic heterocycles. The molecule has 0 bridgehead atoms. The highest BCUT2D eigenvalue weighted by Gasteiger charge is 2.31. The molecule has 3 heteroatoms. The Labute approximate surface area is 135 Å². The summed E-state index contributed by atoms with van der Waals surface area (Å²) in [7, 11) is 0. The second-order valence-electron chi connectivity index (χ2n) is 6.27. The Morgan fingerprint density at radius 1 is 1.05 bits per heavy atom. The molecule has 1 atom stereocenters. The van der Waals surface area contributed by atoms with Gasteiger partial charge in [-0.2, -0.15) is 0 Å². The summed E-state index contributed by atoms with van der Waals surface area (Å²) in [6, 6.07) is 11.9. The zero-order valence-electron chi connectivity index (χ0n) is 12.4. The molecule has 1 nitrogen and oxygen atoms in total. The van der Waals surface area contributed by atoms with Gasteiger partial charge in [0, 0.05) is 5.75 Å². The Balaban J connectivity index is 1.78. The van der Waals surface area contributed by atoms with Crippen LogP contribution in [0.25, 0.3) is 0 Å². The van der Waals surface area contributed by atoms with Crippen LogP contribution in [0.4, 0.5) is 0 Å². The minimum Gasteiger partial charge on any atom is -0.292 e. The summed E-state index contributed by atoms with van der Waals surface area (Å²) in [5, 5.41) is 2.27. The van der Waals surface area contributed by atoms with Gasteiger partial charge < -0.3 is 0 Å². The Kier molecular flexibility index (Phi) is 3.82. The molecule has 2 aromatic rings. The minimum absolute atomic E-state index is 0.477. The minimum atomic E-state index is 0.477. The predicted octanol–water partition coefficient (Wildman–Crippen LogP) is 5.18. The number of hydrogen-bond acceptors (Lipinski definition) is 3. The van der Waals surface area contributed by atoms with Crippen molar-refractivity contribution < 1.29 is 0 Å². The lowest BCUT2D eigenvalue weighted by atomic mass is 9.91. The molecule has 2 aliphatic rings. The lowest BCUT2D eigenvalue weighted by Crippen LogP contribution is -2.36. The summed E-state index contributed by atoms with van der Waals surface area (Å²) in [5.74, 6) is 2.00. The molecule has 1 aromatic carbocycles. The van der Waals surface area contributed by atoms with Crippen molar-refractivity contribution in [1.29, 1.82) is 0 Å². The number of thiophene rings is 1. The number of nitrogens with zero attached hydrogens (tertiary/aromatic N) is 1. The molecular formula is C18H21NS2. The van der Waals surface area contributed by atoms with Crippen LogP contribution in [0.1, 0.15) is 42.5 Å². The first-order valence-corrected chi connectivity index (χ1v) is 9.71. The van der Waals surface area contributed by atoms with E-state index in [1.165, 1.54) is 41.3 Å². The van der Waals surface area contributed by atoms with Gasteiger partial charge in [-0.1, -0.05) is 31.2 Å². The van der Waals surface area contributed by atoms with Crippen molar-refractivity contribution in [2.45, 2.75) is 35.8 Å². The number of thioether (sulfide) groups is 1. The summed E-state index contributed by atoms with van der Waals surface area (Å²) in [6.45, 7) is 4.87. The largest absolute Gasteiger partial charge is 0.292 e. The number of likely N-dealkylation sites (tertiary alicyclic amines) is 1. The van der Waals surface area contributed by atoms with E-state index >= 15 is 0 Å². The van der Waals surface area contributed by atoms with E-state index in [2.05, 4.69) is 47.5 Å². The fraction of sp³-hybridized carbons (Fsp3) is 0.444.